The maximum atomic E-state index is 11.8. The second-order valence-electron chi connectivity index (χ2n) is 4.48. The van der Waals surface area contributed by atoms with Gasteiger partial charge >= 0.3 is 6.03 Å². The summed E-state index contributed by atoms with van der Waals surface area (Å²) in [6.45, 7) is 2.53. The minimum absolute atomic E-state index is 0.276. The Morgan fingerprint density at radius 3 is 2.90 bits per heavy atom. The van der Waals surface area contributed by atoms with Crippen LogP contribution in [0.1, 0.15) is 9.88 Å². The van der Waals surface area contributed by atoms with Crippen molar-refractivity contribution >= 4 is 33.9 Å². The van der Waals surface area contributed by atoms with Gasteiger partial charge in [0, 0.05) is 51.7 Å². The van der Waals surface area contributed by atoms with Crippen molar-refractivity contribution in [2.75, 3.05) is 18.1 Å². The quantitative estimate of drug-likeness (QED) is 0.888. The highest BCUT2D eigenvalue weighted by atomic mass is 32.2. The van der Waals surface area contributed by atoms with E-state index in [0.717, 1.165) is 5.01 Å². The van der Waals surface area contributed by atoms with Gasteiger partial charge in [-0.15, -0.1) is 11.3 Å². The predicted octanol–water partition coefficient (Wildman–Crippen LogP) is 2.55. The molecule has 7 heteroatoms. The standard InChI is InChI=1S/C14H17N3O2S2/c1-10-9-16-13(20-10)6-7-15-14(18)17-11-4-3-5-12(8-11)21(2)19/h3-5,8-9H,6-7H2,1-2H3,(H2,15,17,18)/t21-/m1/s1. The number of anilines is 1. The summed E-state index contributed by atoms with van der Waals surface area (Å²) in [5.74, 6) is 0. The molecule has 0 aliphatic rings. The van der Waals surface area contributed by atoms with Gasteiger partial charge in [-0.3, -0.25) is 4.21 Å². The molecule has 0 radical (unpaired) electrons. The number of aromatic nitrogens is 1. The number of hydrogen-bond acceptors (Lipinski definition) is 4. The van der Waals surface area contributed by atoms with E-state index in [1.165, 1.54) is 4.88 Å². The second-order valence-corrected chi connectivity index (χ2v) is 7.18. The van der Waals surface area contributed by atoms with Gasteiger partial charge in [0.15, 0.2) is 0 Å². The third-order valence-electron chi connectivity index (χ3n) is 2.72. The Bertz CT molecular complexity index is 655. The average molecular weight is 323 g/mol. The van der Waals surface area contributed by atoms with Gasteiger partial charge in [-0.05, 0) is 25.1 Å². The van der Waals surface area contributed by atoms with Crippen molar-refractivity contribution in [3.05, 3.63) is 40.3 Å². The van der Waals surface area contributed by atoms with Crippen LogP contribution in [-0.4, -0.2) is 28.0 Å². The van der Waals surface area contributed by atoms with Crippen molar-refractivity contribution in [2.45, 2.75) is 18.2 Å². The van der Waals surface area contributed by atoms with Crippen LogP contribution in [0.15, 0.2) is 35.4 Å². The van der Waals surface area contributed by atoms with E-state index in [1.807, 2.05) is 13.1 Å². The lowest BCUT2D eigenvalue weighted by Gasteiger charge is -2.07. The number of rotatable bonds is 5. The lowest BCUT2D eigenvalue weighted by molar-refractivity contribution is 0.252. The van der Waals surface area contributed by atoms with Crippen molar-refractivity contribution in [3.8, 4) is 0 Å². The van der Waals surface area contributed by atoms with Gasteiger partial charge in [0.2, 0.25) is 0 Å². The molecule has 0 saturated carbocycles. The monoisotopic (exact) mass is 323 g/mol. The number of carbonyl (C=O) groups is 1. The summed E-state index contributed by atoms with van der Waals surface area (Å²) in [4.78, 5) is 17.9. The molecule has 0 aliphatic carbocycles. The van der Waals surface area contributed by atoms with Crippen LogP contribution in [-0.2, 0) is 17.2 Å². The zero-order chi connectivity index (χ0) is 15.2. The third kappa shape index (κ3) is 4.95. The fraction of sp³-hybridized carbons (Fsp3) is 0.286. The fourth-order valence-electron chi connectivity index (χ4n) is 1.73. The minimum atomic E-state index is -1.06. The molecule has 0 unspecified atom stereocenters. The van der Waals surface area contributed by atoms with Gasteiger partial charge < -0.3 is 10.6 Å². The zero-order valence-electron chi connectivity index (χ0n) is 11.9. The molecule has 0 saturated heterocycles. The van der Waals surface area contributed by atoms with Crippen LogP contribution in [0, 0.1) is 6.92 Å². The first-order chi connectivity index (χ1) is 10.0. The lowest BCUT2D eigenvalue weighted by atomic mass is 10.3. The molecule has 1 aromatic carbocycles. The highest BCUT2D eigenvalue weighted by Gasteiger charge is 2.04. The number of carbonyl (C=O) groups excluding carboxylic acids is 1. The summed E-state index contributed by atoms with van der Waals surface area (Å²) in [7, 11) is -1.06. The predicted molar refractivity (Wildman–Crippen MR) is 86.4 cm³/mol. The van der Waals surface area contributed by atoms with Crippen LogP contribution in [0.4, 0.5) is 10.5 Å². The molecule has 0 fully saturated rings. The van der Waals surface area contributed by atoms with Gasteiger partial charge in [0.25, 0.3) is 0 Å². The van der Waals surface area contributed by atoms with Crippen LogP contribution < -0.4 is 10.6 Å². The van der Waals surface area contributed by atoms with Crippen LogP contribution in [0.3, 0.4) is 0 Å². The summed E-state index contributed by atoms with van der Waals surface area (Å²) < 4.78 is 11.4. The molecule has 2 amide bonds. The van der Waals surface area contributed by atoms with E-state index in [0.29, 0.717) is 23.5 Å². The summed E-state index contributed by atoms with van der Waals surface area (Å²) in [6.07, 6.45) is 4.15. The molecular formula is C14H17N3O2S2. The summed E-state index contributed by atoms with van der Waals surface area (Å²) in [6, 6.07) is 6.73. The van der Waals surface area contributed by atoms with E-state index in [2.05, 4.69) is 15.6 Å². The highest BCUT2D eigenvalue weighted by Crippen LogP contribution is 2.13. The largest absolute Gasteiger partial charge is 0.337 e. The first kappa shape index (κ1) is 15.7. The maximum Gasteiger partial charge on any atom is 0.319 e. The minimum Gasteiger partial charge on any atom is -0.337 e. The topological polar surface area (TPSA) is 71.1 Å². The Hall–Kier alpha value is -1.73. The SMILES string of the molecule is Cc1cnc(CCNC(=O)Nc2cccc([S@@](C)=O)c2)s1. The number of nitrogens with zero attached hydrogens (tertiary/aromatic N) is 1. The Morgan fingerprint density at radius 2 is 2.24 bits per heavy atom. The molecule has 21 heavy (non-hydrogen) atoms. The van der Waals surface area contributed by atoms with E-state index >= 15 is 0 Å². The molecule has 5 nitrogen and oxygen atoms in total. The summed E-state index contributed by atoms with van der Waals surface area (Å²) >= 11 is 1.63. The Kier molecular flexibility index (Phi) is 5.46. The van der Waals surface area contributed by atoms with Crippen molar-refractivity contribution in [2.24, 2.45) is 0 Å². The van der Waals surface area contributed by atoms with E-state index in [4.69, 9.17) is 0 Å². The Balaban J connectivity index is 1.81. The number of thiazole rings is 1. The Morgan fingerprint density at radius 1 is 1.43 bits per heavy atom. The highest BCUT2D eigenvalue weighted by molar-refractivity contribution is 7.84. The van der Waals surface area contributed by atoms with Crippen LogP contribution >= 0.6 is 11.3 Å². The molecule has 0 spiro atoms. The fourth-order valence-corrected chi connectivity index (χ4v) is 3.08. The number of urea groups is 1. The number of nitrogens with one attached hydrogen (secondary N) is 2. The van der Waals surface area contributed by atoms with Gasteiger partial charge in [-0.25, -0.2) is 9.78 Å². The summed E-state index contributed by atoms with van der Waals surface area (Å²) in [5.41, 5.74) is 0.630. The molecule has 2 N–H and O–H groups in total. The van der Waals surface area contributed by atoms with E-state index < -0.39 is 10.8 Å². The van der Waals surface area contributed by atoms with E-state index in [9.17, 15) is 9.00 Å². The van der Waals surface area contributed by atoms with Crippen molar-refractivity contribution < 1.29 is 9.00 Å². The number of amides is 2. The van der Waals surface area contributed by atoms with Gasteiger partial charge in [-0.2, -0.15) is 0 Å². The first-order valence-electron chi connectivity index (χ1n) is 6.44. The number of aryl methyl sites for hydroxylation is 1. The van der Waals surface area contributed by atoms with Gasteiger partial charge in [0.1, 0.15) is 0 Å². The third-order valence-corrected chi connectivity index (χ3v) is 4.61. The normalized spacial score (nSPS) is 11.9. The van der Waals surface area contributed by atoms with Gasteiger partial charge in [-0.1, -0.05) is 6.07 Å². The maximum absolute atomic E-state index is 11.8. The van der Waals surface area contributed by atoms with Crippen molar-refractivity contribution in [1.82, 2.24) is 10.3 Å². The second kappa shape index (κ2) is 7.33. The van der Waals surface area contributed by atoms with Crippen molar-refractivity contribution in [1.29, 1.82) is 0 Å². The van der Waals surface area contributed by atoms with Crippen LogP contribution in [0.2, 0.25) is 0 Å². The first-order valence-corrected chi connectivity index (χ1v) is 8.81. The summed E-state index contributed by atoms with van der Waals surface area (Å²) in [5, 5.41) is 6.52. The van der Waals surface area contributed by atoms with Crippen LogP contribution in [0.25, 0.3) is 0 Å². The molecule has 0 bridgehead atoms. The molecule has 0 aliphatic heterocycles. The van der Waals surface area contributed by atoms with Crippen LogP contribution in [0.5, 0.6) is 0 Å². The lowest BCUT2D eigenvalue weighted by Crippen LogP contribution is -2.30. The van der Waals surface area contributed by atoms with Gasteiger partial charge in [0.05, 0.1) is 5.01 Å². The molecular weight excluding hydrogens is 306 g/mol. The molecule has 2 rings (SSSR count). The smallest absolute Gasteiger partial charge is 0.319 e. The zero-order valence-corrected chi connectivity index (χ0v) is 13.5. The van der Waals surface area contributed by atoms with Crippen molar-refractivity contribution in [3.63, 3.8) is 0 Å². The van der Waals surface area contributed by atoms with E-state index in [-0.39, 0.29) is 6.03 Å². The van der Waals surface area contributed by atoms with E-state index in [1.54, 1.807) is 41.9 Å². The molecule has 1 atom stereocenters. The number of hydrogen-bond donors (Lipinski definition) is 2. The Labute approximate surface area is 130 Å². The molecule has 112 valence electrons. The number of benzene rings is 1. The average Bonchev–Trinajstić information content (AvgIpc) is 2.84. The molecule has 1 heterocycles. The molecule has 2 aromatic rings. The molecule has 1 aromatic heterocycles.